The molecular formula is C20H25N3O3S. The van der Waals surface area contributed by atoms with Crippen LogP contribution in [0.4, 0.5) is 0 Å². The minimum absolute atomic E-state index is 0.0440. The van der Waals surface area contributed by atoms with E-state index in [0.717, 1.165) is 33.9 Å². The number of hydrogen-bond donors (Lipinski definition) is 1. The summed E-state index contributed by atoms with van der Waals surface area (Å²) in [5.41, 5.74) is 1.42. The molecular weight excluding hydrogens is 362 g/mol. The largest absolute Gasteiger partial charge is 0.488 e. The Bertz CT molecular complexity index is 1080. The molecule has 0 amide bonds. The van der Waals surface area contributed by atoms with Crippen molar-refractivity contribution in [1.29, 1.82) is 0 Å². The lowest BCUT2D eigenvalue weighted by Crippen LogP contribution is -2.26. The lowest BCUT2D eigenvalue weighted by molar-refractivity contribution is 0.313. The van der Waals surface area contributed by atoms with Crippen molar-refractivity contribution < 1.29 is 4.74 Å². The maximum atomic E-state index is 13.2. The fourth-order valence-corrected chi connectivity index (χ4v) is 4.07. The fraction of sp³-hybridized carbons (Fsp3) is 0.450. The summed E-state index contributed by atoms with van der Waals surface area (Å²) in [5.74, 6) is 1.06. The van der Waals surface area contributed by atoms with Crippen LogP contribution in [0.3, 0.4) is 0 Å². The van der Waals surface area contributed by atoms with Gasteiger partial charge in [0.05, 0.1) is 18.5 Å². The van der Waals surface area contributed by atoms with Crippen LogP contribution >= 0.6 is 11.3 Å². The van der Waals surface area contributed by atoms with Crippen molar-refractivity contribution in [3.05, 3.63) is 54.8 Å². The second kappa shape index (κ2) is 8.08. The average molecular weight is 388 g/mol. The Labute approximate surface area is 161 Å². The molecule has 0 bridgehead atoms. The molecule has 7 heteroatoms. The Hall–Kier alpha value is -2.41. The van der Waals surface area contributed by atoms with Gasteiger partial charge >= 0.3 is 0 Å². The van der Waals surface area contributed by atoms with Crippen LogP contribution < -0.4 is 15.7 Å². The quantitative estimate of drug-likeness (QED) is 0.672. The number of ether oxygens (including phenoxy) is 1. The molecule has 0 radical (unpaired) electrons. The van der Waals surface area contributed by atoms with Crippen molar-refractivity contribution in [2.75, 3.05) is 6.61 Å². The van der Waals surface area contributed by atoms with Crippen LogP contribution in [0, 0.1) is 13.8 Å². The molecule has 0 saturated heterocycles. The second-order valence-corrected chi connectivity index (χ2v) is 7.87. The smallest absolute Gasteiger partial charge is 0.262 e. The van der Waals surface area contributed by atoms with E-state index in [-0.39, 0.29) is 17.5 Å². The molecule has 1 N–H and O–H groups in total. The summed E-state index contributed by atoms with van der Waals surface area (Å²) in [6.45, 7) is 8.81. The predicted octanol–water partition coefficient (Wildman–Crippen LogP) is 3.55. The van der Waals surface area contributed by atoms with Gasteiger partial charge < -0.3 is 9.72 Å². The van der Waals surface area contributed by atoms with Crippen LogP contribution in [-0.2, 0) is 13.0 Å². The standard InChI is InChI=1S/C20H25N3O3S/c1-5-7-17-22-19-18(12(3)13(4)27-19)20(25)23(17)11-14-9-15(24)16(10-21-14)26-8-6-2/h9-10H,5-8,11H2,1-4H3,(H,21,24). The Balaban J connectivity index is 2.05. The normalized spacial score (nSPS) is 11.3. The highest BCUT2D eigenvalue weighted by molar-refractivity contribution is 7.18. The number of nitrogens with zero attached hydrogens (tertiary/aromatic N) is 2. The topological polar surface area (TPSA) is 77.0 Å². The van der Waals surface area contributed by atoms with Crippen LogP contribution in [0.5, 0.6) is 5.75 Å². The van der Waals surface area contributed by atoms with Crippen molar-refractivity contribution in [2.24, 2.45) is 0 Å². The van der Waals surface area contributed by atoms with Gasteiger partial charge in [0.2, 0.25) is 5.43 Å². The molecule has 0 unspecified atom stereocenters. The number of pyridine rings is 1. The average Bonchev–Trinajstić information content (AvgIpc) is 2.92. The van der Waals surface area contributed by atoms with Crippen LogP contribution in [0.25, 0.3) is 10.2 Å². The van der Waals surface area contributed by atoms with Crippen molar-refractivity contribution >= 4 is 21.6 Å². The summed E-state index contributed by atoms with van der Waals surface area (Å²) in [5, 5.41) is 0.683. The van der Waals surface area contributed by atoms with Gasteiger partial charge in [0.1, 0.15) is 10.7 Å². The first-order valence-corrected chi connectivity index (χ1v) is 10.1. The number of thiophene rings is 1. The molecule has 0 fully saturated rings. The van der Waals surface area contributed by atoms with E-state index in [9.17, 15) is 9.59 Å². The molecule has 0 saturated carbocycles. The van der Waals surface area contributed by atoms with Gasteiger partial charge in [0.25, 0.3) is 5.56 Å². The minimum atomic E-state index is -0.182. The van der Waals surface area contributed by atoms with Crippen molar-refractivity contribution in [2.45, 2.75) is 53.5 Å². The van der Waals surface area contributed by atoms with Gasteiger partial charge in [-0.2, -0.15) is 0 Å². The van der Waals surface area contributed by atoms with Crippen LogP contribution in [0.2, 0.25) is 0 Å². The molecule has 27 heavy (non-hydrogen) atoms. The number of fused-ring (bicyclic) bond motifs is 1. The van der Waals surface area contributed by atoms with E-state index in [4.69, 9.17) is 9.72 Å². The maximum Gasteiger partial charge on any atom is 0.262 e. The molecule has 0 atom stereocenters. The molecule has 0 aliphatic rings. The molecule has 3 heterocycles. The van der Waals surface area contributed by atoms with Gasteiger partial charge in [-0.1, -0.05) is 13.8 Å². The molecule has 3 aromatic rings. The number of H-pyrrole nitrogens is 1. The van der Waals surface area contributed by atoms with Crippen molar-refractivity contribution in [1.82, 2.24) is 14.5 Å². The zero-order valence-electron chi connectivity index (χ0n) is 16.2. The van der Waals surface area contributed by atoms with E-state index < -0.39 is 0 Å². The monoisotopic (exact) mass is 387 g/mol. The SMILES string of the molecule is CCCOc1c[nH]c(Cn2c(CCC)nc3sc(C)c(C)c3c2=O)cc1=O. The lowest BCUT2D eigenvalue weighted by Gasteiger charge is -2.13. The zero-order chi connectivity index (χ0) is 19.6. The highest BCUT2D eigenvalue weighted by atomic mass is 32.1. The third-order valence-corrected chi connectivity index (χ3v) is 5.67. The van der Waals surface area contributed by atoms with Gasteiger partial charge in [0.15, 0.2) is 5.75 Å². The number of aryl methyl sites for hydroxylation is 3. The van der Waals surface area contributed by atoms with E-state index >= 15 is 0 Å². The first-order valence-electron chi connectivity index (χ1n) is 9.30. The molecule has 0 aliphatic heterocycles. The Morgan fingerprint density at radius 2 is 2.00 bits per heavy atom. The molecule has 0 aliphatic carbocycles. The first kappa shape index (κ1) is 19.4. The van der Waals surface area contributed by atoms with Crippen molar-refractivity contribution in [3.8, 4) is 5.75 Å². The van der Waals surface area contributed by atoms with E-state index in [1.165, 1.54) is 6.07 Å². The number of aromatic amines is 1. The maximum absolute atomic E-state index is 13.2. The third-order valence-electron chi connectivity index (χ3n) is 4.57. The van der Waals surface area contributed by atoms with Crippen LogP contribution in [0.1, 0.15) is 48.6 Å². The first-order chi connectivity index (χ1) is 13.0. The summed E-state index contributed by atoms with van der Waals surface area (Å²) in [6.07, 6.45) is 4.01. The van der Waals surface area contributed by atoms with Gasteiger partial charge in [0, 0.05) is 29.3 Å². The van der Waals surface area contributed by atoms with Crippen molar-refractivity contribution in [3.63, 3.8) is 0 Å². The third kappa shape index (κ3) is 3.83. The number of hydrogen-bond acceptors (Lipinski definition) is 5. The summed E-state index contributed by atoms with van der Waals surface area (Å²) in [7, 11) is 0. The number of aromatic nitrogens is 3. The molecule has 3 aromatic heterocycles. The molecule has 144 valence electrons. The highest BCUT2D eigenvalue weighted by Crippen LogP contribution is 2.26. The van der Waals surface area contributed by atoms with Crippen LogP contribution in [0.15, 0.2) is 21.9 Å². The number of nitrogens with one attached hydrogen (secondary N) is 1. The lowest BCUT2D eigenvalue weighted by atomic mass is 10.2. The van der Waals surface area contributed by atoms with Gasteiger partial charge in [-0.05, 0) is 32.3 Å². The molecule has 0 aromatic carbocycles. The van der Waals surface area contributed by atoms with E-state index in [0.29, 0.717) is 29.9 Å². The Kier molecular flexibility index (Phi) is 5.79. The summed E-state index contributed by atoms with van der Waals surface area (Å²) in [6, 6.07) is 1.50. The summed E-state index contributed by atoms with van der Waals surface area (Å²) >= 11 is 1.56. The fourth-order valence-electron chi connectivity index (χ4n) is 3.03. The number of rotatable bonds is 7. The van der Waals surface area contributed by atoms with Crippen LogP contribution in [-0.4, -0.2) is 21.1 Å². The molecule has 0 spiro atoms. The minimum Gasteiger partial charge on any atom is -0.488 e. The van der Waals surface area contributed by atoms with E-state index in [1.54, 1.807) is 22.1 Å². The molecule has 6 nitrogen and oxygen atoms in total. The summed E-state index contributed by atoms with van der Waals surface area (Å²) < 4.78 is 7.11. The zero-order valence-corrected chi connectivity index (χ0v) is 17.0. The summed E-state index contributed by atoms with van der Waals surface area (Å²) in [4.78, 5) is 35.2. The Morgan fingerprint density at radius 1 is 1.22 bits per heavy atom. The van der Waals surface area contributed by atoms with Gasteiger partial charge in [-0.25, -0.2) is 4.98 Å². The van der Waals surface area contributed by atoms with E-state index in [2.05, 4.69) is 11.9 Å². The molecule has 3 rings (SSSR count). The Morgan fingerprint density at radius 3 is 2.67 bits per heavy atom. The highest BCUT2D eigenvalue weighted by Gasteiger charge is 2.16. The predicted molar refractivity (Wildman–Crippen MR) is 109 cm³/mol. The van der Waals surface area contributed by atoms with Gasteiger partial charge in [-0.15, -0.1) is 11.3 Å². The van der Waals surface area contributed by atoms with E-state index in [1.807, 2.05) is 20.8 Å². The second-order valence-electron chi connectivity index (χ2n) is 6.67. The van der Waals surface area contributed by atoms with Gasteiger partial charge in [-0.3, -0.25) is 14.2 Å².